The fraction of sp³-hybridized carbons (Fsp3) is 0.500. The lowest BCUT2D eigenvalue weighted by Crippen LogP contribution is -2.17. The maximum Gasteiger partial charge on any atom is 0.224 e. The van der Waals surface area contributed by atoms with Gasteiger partial charge in [-0.25, -0.2) is 4.98 Å². The summed E-state index contributed by atoms with van der Waals surface area (Å²) >= 11 is 0. The van der Waals surface area contributed by atoms with Crippen molar-refractivity contribution in [2.75, 3.05) is 19.8 Å². The van der Waals surface area contributed by atoms with Crippen molar-refractivity contribution in [3.63, 3.8) is 0 Å². The van der Waals surface area contributed by atoms with E-state index in [2.05, 4.69) is 10.1 Å². The molecular weight excluding hydrogens is 234 g/mol. The maximum atomic E-state index is 8.68. The van der Waals surface area contributed by atoms with Crippen LogP contribution in [0, 0.1) is 6.92 Å². The van der Waals surface area contributed by atoms with Gasteiger partial charge in [-0.2, -0.15) is 0 Å². The molecule has 1 rings (SSSR count). The molecule has 100 valence electrons. The summed E-state index contributed by atoms with van der Waals surface area (Å²) in [6, 6.07) is 3.48. The lowest BCUT2D eigenvalue weighted by atomic mass is 10.2. The van der Waals surface area contributed by atoms with Crippen LogP contribution in [0.2, 0.25) is 0 Å². The van der Waals surface area contributed by atoms with E-state index in [1.165, 1.54) is 0 Å². The summed E-state index contributed by atoms with van der Waals surface area (Å²) in [6.07, 6.45) is 0.970. The first kappa shape index (κ1) is 14.2. The molecule has 6 nitrogen and oxygen atoms in total. The second-order valence-corrected chi connectivity index (χ2v) is 3.75. The van der Waals surface area contributed by atoms with Crippen molar-refractivity contribution in [2.45, 2.75) is 20.3 Å². The number of pyridine rings is 1. The highest BCUT2D eigenvalue weighted by atomic mass is 16.5. The van der Waals surface area contributed by atoms with Crippen LogP contribution < -0.4 is 10.5 Å². The smallest absolute Gasteiger partial charge is 0.224 e. The first-order chi connectivity index (χ1) is 8.69. The number of aromatic nitrogens is 1. The van der Waals surface area contributed by atoms with Crippen LogP contribution in [0.25, 0.3) is 0 Å². The van der Waals surface area contributed by atoms with E-state index in [4.69, 9.17) is 20.4 Å². The van der Waals surface area contributed by atoms with Crippen LogP contribution in [0.5, 0.6) is 5.88 Å². The minimum atomic E-state index is -0.0213. The van der Waals surface area contributed by atoms with Gasteiger partial charge >= 0.3 is 0 Å². The minimum Gasteiger partial charge on any atom is -0.475 e. The van der Waals surface area contributed by atoms with E-state index in [9.17, 15) is 0 Å². The van der Waals surface area contributed by atoms with Gasteiger partial charge in [-0.05, 0) is 25.5 Å². The van der Waals surface area contributed by atoms with E-state index in [-0.39, 0.29) is 5.84 Å². The third-order valence-electron chi connectivity index (χ3n) is 2.20. The van der Waals surface area contributed by atoms with Crippen LogP contribution in [-0.2, 0) is 4.74 Å². The number of amidine groups is 1. The Labute approximate surface area is 106 Å². The Morgan fingerprint density at radius 2 is 2.17 bits per heavy atom. The molecule has 0 saturated carbocycles. The standard InChI is InChI=1S/C12H19N3O3/c1-3-6-17-7-8-18-12-10(11(13)15-16)5-4-9(2)14-12/h4-5,16H,3,6-8H2,1-2H3,(H2,13,15). The predicted molar refractivity (Wildman–Crippen MR) is 68.1 cm³/mol. The highest BCUT2D eigenvalue weighted by Crippen LogP contribution is 2.15. The number of nitrogens with two attached hydrogens (primary N) is 1. The second kappa shape index (κ2) is 7.50. The molecule has 0 saturated heterocycles. The largest absolute Gasteiger partial charge is 0.475 e. The summed E-state index contributed by atoms with van der Waals surface area (Å²) in [6.45, 7) is 5.45. The van der Waals surface area contributed by atoms with Gasteiger partial charge in [-0.1, -0.05) is 12.1 Å². The van der Waals surface area contributed by atoms with Gasteiger partial charge in [0.05, 0.1) is 12.2 Å². The fourth-order valence-electron chi connectivity index (χ4n) is 1.34. The van der Waals surface area contributed by atoms with E-state index in [0.29, 0.717) is 31.3 Å². The molecule has 0 unspecified atom stereocenters. The predicted octanol–water partition coefficient (Wildman–Crippen LogP) is 1.29. The Kier molecular flexibility index (Phi) is 5.93. The lowest BCUT2D eigenvalue weighted by molar-refractivity contribution is 0.0989. The lowest BCUT2D eigenvalue weighted by Gasteiger charge is -2.10. The Hall–Kier alpha value is -1.82. The molecule has 0 aliphatic heterocycles. The van der Waals surface area contributed by atoms with Gasteiger partial charge in [-0.3, -0.25) is 0 Å². The molecular formula is C12H19N3O3. The van der Waals surface area contributed by atoms with Crippen molar-refractivity contribution in [3.05, 3.63) is 23.4 Å². The summed E-state index contributed by atoms with van der Waals surface area (Å²) in [7, 11) is 0. The van der Waals surface area contributed by atoms with Gasteiger partial charge in [0.1, 0.15) is 6.61 Å². The summed E-state index contributed by atoms with van der Waals surface area (Å²) in [5, 5.41) is 11.6. The monoisotopic (exact) mass is 253 g/mol. The van der Waals surface area contributed by atoms with Crippen LogP contribution in [0.15, 0.2) is 17.3 Å². The molecule has 0 fully saturated rings. The second-order valence-electron chi connectivity index (χ2n) is 3.75. The number of aryl methyl sites for hydroxylation is 1. The molecule has 6 heteroatoms. The highest BCUT2D eigenvalue weighted by Gasteiger charge is 2.10. The van der Waals surface area contributed by atoms with Crippen molar-refractivity contribution < 1.29 is 14.7 Å². The summed E-state index contributed by atoms with van der Waals surface area (Å²) in [4.78, 5) is 4.21. The molecule has 0 amide bonds. The van der Waals surface area contributed by atoms with Crippen LogP contribution in [0.4, 0.5) is 0 Å². The Morgan fingerprint density at radius 1 is 1.39 bits per heavy atom. The summed E-state index contributed by atoms with van der Waals surface area (Å²) < 4.78 is 10.8. The van der Waals surface area contributed by atoms with Gasteiger partial charge in [0.15, 0.2) is 5.84 Å². The molecule has 0 atom stereocenters. The van der Waals surface area contributed by atoms with E-state index in [1.807, 2.05) is 13.8 Å². The molecule has 1 aromatic rings. The average molecular weight is 253 g/mol. The number of ether oxygens (including phenoxy) is 2. The van der Waals surface area contributed by atoms with Crippen LogP contribution in [0.3, 0.4) is 0 Å². The van der Waals surface area contributed by atoms with Crippen molar-refractivity contribution in [1.29, 1.82) is 0 Å². The third-order valence-corrected chi connectivity index (χ3v) is 2.20. The zero-order chi connectivity index (χ0) is 13.4. The minimum absolute atomic E-state index is 0.0213. The van der Waals surface area contributed by atoms with E-state index in [1.54, 1.807) is 12.1 Å². The normalized spacial score (nSPS) is 11.6. The number of nitrogens with zero attached hydrogens (tertiary/aromatic N) is 2. The quantitative estimate of drug-likeness (QED) is 0.251. The van der Waals surface area contributed by atoms with Gasteiger partial charge in [0.25, 0.3) is 0 Å². The van der Waals surface area contributed by atoms with Gasteiger partial charge < -0.3 is 20.4 Å². The van der Waals surface area contributed by atoms with E-state index < -0.39 is 0 Å². The zero-order valence-corrected chi connectivity index (χ0v) is 10.7. The molecule has 3 N–H and O–H groups in total. The van der Waals surface area contributed by atoms with Crippen LogP contribution >= 0.6 is 0 Å². The van der Waals surface area contributed by atoms with E-state index in [0.717, 1.165) is 12.1 Å². The van der Waals surface area contributed by atoms with Crippen molar-refractivity contribution in [1.82, 2.24) is 4.98 Å². The number of rotatable bonds is 7. The molecule has 0 aromatic carbocycles. The number of hydrogen-bond donors (Lipinski definition) is 2. The molecule has 0 aliphatic carbocycles. The molecule has 1 heterocycles. The molecule has 0 aliphatic rings. The topological polar surface area (TPSA) is 90.0 Å². The summed E-state index contributed by atoms with van der Waals surface area (Å²) in [5.74, 6) is 0.331. The maximum absolute atomic E-state index is 8.68. The average Bonchev–Trinajstić information content (AvgIpc) is 2.38. The fourth-order valence-corrected chi connectivity index (χ4v) is 1.34. The first-order valence-corrected chi connectivity index (χ1v) is 5.85. The highest BCUT2D eigenvalue weighted by molar-refractivity contribution is 5.99. The van der Waals surface area contributed by atoms with Crippen LogP contribution in [-0.4, -0.2) is 35.8 Å². The van der Waals surface area contributed by atoms with Gasteiger partial charge in [0, 0.05) is 12.3 Å². The Bertz CT molecular complexity index is 408. The first-order valence-electron chi connectivity index (χ1n) is 5.85. The molecule has 0 bridgehead atoms. The van der Waals surface area contributed by atoms with Gasteiger partial charge in [0.2, 0.25) is 5.88 Å². The Balaban J connectivity index is 2.65. The van der Waals surface area contributed by atoms with Crippen molar-refractivity contribution in [3.8, 4) is 5.88 Å². The molecule has 0 radical (unpaired) electrons. The molecule has 18 heavy (non-hydrogen) atoms. The Morgan fingerprint density at radius 3 is 2.83 bits per heavy atom. The SMILES string of the molecule is CCCOCCOc1nc(C)ccc1C(N)=NO. The number of oxime groups is 1. The molecule has 0 spiro atoms. The zero-order valence-electron chi connectivity index (χ0n) is 10.7. The molecule has 1 aromatic heterocycles. The van der Waals surface area contributed by atoms with Crippen LogP contribution in [0.1, 0.15) is 24.6 Å². The van der Waals surface area contributed by atoms with Crippen molar-refractivity contribution >= 4 is 5.84 Å². The van der Waals surface area contributed by atoms with E-state index >= 15 is 0 Å². The summed E-state index contributed by atoms with van der Waals surface area (Å²) in [5.41, 5.74) is 6.82. The van der Waals surface area contributed by atoms with Gasteiger partial charge in [-0.15, -0.1) is 0 Å². The third kappa shape index (κ3) is 4.21. The van der Waals surface area contributed by atoms with Crippen molar-refractivity contribution in [2.24, 2.45) is 10.9 Å². The number of hydrogen-bond acceptors (Lipinski definition) is 5.